The second kappa shape index (κ2) is 10.8. The molecular weight excluding hydrogens is 224 g/mol. The molecule has 0 unspecified atom stereocenters. The van der Waals surface area contributed by atoms with Gasteiger partial charge in [-0.1, -0.05) is 13.8 Å². The lowest BCUT2D eigenvalue weighted by atomic mass is 10.1. The highest BCUT2D eigenvalue weighted by Gasteiger charge is 2.06. The molecule has 0 aliphatic heterocycles. The Morgan fingerprint density at radius 2 is 1.61 bits per heavy atom. The maximum absolute atomic E-state index is 5.65. The van der Waals surface area contributed by atoms with E-state index < -0.39 is 0 Å². The molecule has 0 aromatic carbocycles. The molecule has 1 N–H and O–H groups in total. The second-order valence-corrected chi connectivity index (χ2v) is 5.88. The summed E-state index contributed by atoms with van der Waals surface area (Å²) in [5.41, 5.74) is 0.250. The Kier molecular flexibility index (Phi) is 10.7. The van der Waals surface area contributed by atoms with Crippen molar-refractivity contribution in [2.75, 3.05) is 39.4 Å². The summed E-state index contributed by atoms with van der Waals surface area (Å²) in [6.07, 6.45) is 3.69. The smallest absolute Gasteiger partial charge is 0.0593 e. The molecule has 0 aliphatic rings. The lowest BCUT2D eigenvalue weighted by Gasteiger charge is -2.20. The van der Waals surface area contributed by atoms with Crippen molar-refractivity contribution in [2.45, 2.75) is 59.4 Å². The van der Waals surface area contributed by atoms with E-state index in [-0.39, 0.29) is 5.54 Å². The van der Waals surface area contributed by atoms with Crippen LogP contribution < -0.4 is 5.32 Å². The van der Waals surface area contributed by atoms with Crippen molar-refractivity contribution < 1.29 is 4.74 Å². The van der Waals surface area contributed by atoms with Gasteiger partial charge in [0.2, 0.25) is 0 Å². The summed E-state index contributed by atoms with van der Waals surface area (Å²) in [6, 6.07) is 0. The summed E-state index contributed by atoms with van der Waals surface area (Å²) in [5, 5.41) is 3.51. The van der Waals surface area contributed by atoms with Crippen LogP contribution in [0.2, 0.25) is 0 Å². The van der Waals surface area contributed by atoms with Crippen LogP contribution in [-0.2, 0) is 4.74 Å². The van der Waals surface area contributed by atoms with Gasteiger partial charge in [0.1, 0.15) is 0 Å². The molecule has 0 rings (SSSR count). The number of likely N-dealkylation sites (N-methyl/N-ethyl adjacent to an activating group) is 1. The fourth-order valence-corrected chi connectivity index (χ4v) is 1.80. The molecular formula is C15H34N2O. The normalized spacial score (nSPS) is 12.3. The number of rotatable bonds is 11. The average Bonchev–Trinajstić information content (AvgIpc) is 2.30. The fraction of sp³-hybridized carbons (Fsp3) is 1.00. The van der Waals surface area contributed by atoms with Gasteiger partial charge in [0.25, 0.3) is 0 Å². The van der Waals surface area contributed by atoms with Gasteiger partial charge in [-0.15, -0.1) is 0 Å². The molecule has 0 radical (unpaired) electrons. The molecule has 3 nitrogen and oxygen atoms in total. The van der Waals surface area contributed by atoms with Crippen molar-refractivity contribution in [2.24, 2.45) is 0 Å². The van der Waals surface area contributed by atoms with E-state index in [2.05, 4.69) is 44.8 Å². The number of nitrogens with one attached hydrogen (secondary N) is 1. The summed E-state index contributed by atoms with van der Waals surface area (Å²) >= 11 is 0. The van der Waals surface area contributed by atoms with Gasteiger partial charge in [0.15, 0.2) is 0 Å². The van der Waals surface area contributed by atoms with E-state index >= 15 is 0 Å². The van der Waals surface area contributed by atoms with Gasteiger partial charge in [-0.2, -0.15) is 0 Å². The average molecular weight is 258 g/mol. The molecule has 0 heterocycles. The summed E-state index contributed by atoms with van der Waals surface area (Å²) < 4.78 is 5.65. The van der Waals surface area contributed by atoms with E-state index in [1.807, 2.05) is 0 Å². The molecule has 18 heavy (non-hydrogen) atoms. The molecule has 0 aliphatic carbocycles. The van der Waals surface area contributed by atoms with Crippen LogP contribution >= 0.6 is 0 Å². The first-order chi connectivity index (χ1) is 8.49. The maximum Gasteiger partial charge on any atom is 0.0593 e. The Morgan fingerprint density at radius 1 is 0.944 bits per heavy atom. The molecule has 110 valence electrons. The molecule has 0 spiro atoms. The number of unbranched alkanes of at least 4 members (excludes halogenated alkanes) is 2. The van der Waals surface area contributed by atoms with Crippen molar-refractivity contribution in [1.82, 2.24) is 10.2 Å². The minimum Gasteiger partial charge on any atom is -0.380 e. The molecule has 0 fully saturated rings. The van der Waals surface area contributed by atoms with Crippen LogP contribution in [0.1, 0.15) is 53.9 Å². The predicted octanol–water partition coefficient (Wildman–Crippen LogP) is 2.90. The van der Waals surface area contributed by atoms with Gasteiger partial charge >= 0.3 is 0 Å². The predicted molar refractivity (Wildman–Crippen MR) is 80.2 cm³/mol. The maximum atomic E-state index is 5.65. The van der Waals surface area contributed by atoms with Crippen molar-refractivity contribution in [1.29, 1.82) is 0 Å². The molecule has 0 saturated carbocycles. The number of nitrogens with zero attached hydrogens (tertiary/aromatic N) is 1. The third-order valence-corrected chi connectivity index (χ3v) is 3.07. The van der Waals surface area contributed by atoms with E-state index in [9.17, 15) is 0 Å². The topological polar surface area (TPSA) is 24.5 Å². The molecule has 3 heteroatoms. The van der Waals surface area contributed by atoms with Crippen molar-refractivity contribution in [3.8, 4) is 0 Å². The molecule has 0 aromatic rings. The van der Waals surface area contributed by atoms with Crippen LogP contribution in [0, 0.1) is 0 Å². The minimum absolute atomic E-state index is 0.250. The first-order valence-electron chi connectivity index (χ1n) is 7.54. The lowest BCUT2D eigenvalue weighted by molar-refractivity contribution is 0.104. The summed E-state index contributed by atoms with van der Waals surface area (Å²) in [6.45, 7) is 17.3. The monoisotopic (exact) mass is 258 g/mol. The fourth-order valence-electron chi connectivity index (χ4n) is 1.80. The van der Waals surface area contributed by atoms with Gasteiger partial charge in [0, 0.05) is 18.7 Å². The summed E-state index contributed by atoms with van der Waals surface area (Å²) in [4.78, 5) is 2.40. The van der Waals surface area contributed by atoms with Crippen LogP contribution in [0.3, 0.4) is 0 Å². The zero-order valence-electron chi connectivity index (χ0n) is 13.2. The molecule has 0 saturated heterocycles. The van der Waals surface area contributed by atoms with Gasteiger partial charge in [0.05, 0.1) is 6.61 Å². The van der Waals surface area contributed by atoms with Crippen LogP contribution in [0.15, 0.2) is 0 Å². The molecule has 0 atom stereocenters. The summed E-state index contributed by atoms with van der Waals surface area (Å²) in [7, 11) is 0. The Hall–Kier alpha value is -0.120. The zero-order chi connectivity index (χ0) is 13.9. The van der Waals surface area contributed by atoms with E-state index in [1.54, 1.807) is 0 Å². The van der Waals surface area contributed by atoms with Crippen molar-refractivity contribution in [3.05, 3.63) is 0 Å². The Morgan fingerprint density at radius 3 is 2.17 bits per heavy atom. The molecule has 0 amide bonds. The molecule has 0 bridgehead atoms. The highest BCUT2D eigenvalue weighted by Crippen LogP contribution is 2.01. The second-order valence-electron chi connectivity index (χ2n) is 5.88. The van der Waals surface area contributed by atoms with Crippen molar-refractivity contribution in [3.63, 3.8) is 0 Å². The van der Waals surface area contributed by atoms with Crippen molar-refractivity contribution >= 4 is 0 Å². The Labute approximate surface area is 114 Å². The number of ether oxygens (including phenoxy) is 1. The Bertz CT molecular complexity index is 174. The highest BCUT2D eigenvalue weighted by atomic mass is 16.5. The van der Waals surface area contributed by atoms with Crippen LogP contribution in [0.25, 0.3) is 0 Å². The quantitative estimate of drug-likeness (QED) is 0.577. The van der Waals surface area contributed by atoms with E-state index in [0.717, 1.165) is 39.4 Å². The van der Waals surface area contributed by atoms with Crippen LogP contribution in [0.4, 0.5) is 0 Å². The SMILES string of the molecule is CCN(CC)CCOCCCCCNC(C)(C)C. The van der Waals surface area contributed by atoms with Gasteiger partial charge in [-0.05, 0) is 59.7 Å². The largest absolute Gasteiger partial charge is 0.380 e. The van der Waals surface area contributed by atoms with Gasteiger partial charge in [-0.25, -0.2) is 0 Å². The Balaban J connectivity index is 3.17. The first-order valence-corrected chi connectivity index (χ1v) is 7.54. The van der Waals surface area contributed by atoms with Crippen LogP contribution in [0.5, 0.6) is 0 Å². The number of hydrogen-bond donors (Lipinski definition) is 1. The first kappa shape index (κ1) is 17.9. The van der Waals surface area contributed by atoms with Gasteiger partial charge in [-0.3, -0.25) is 0 Å². The summed E-state index contributed by atoms with van der Waals surface area (Å²) in [5.74, 6) is 0. The zero-order valence-corrected chi connectivity index (χ0v) is 13.2. The third-order valence-electron chi connectivity index (χ3n) is 3.07. The third kappa shape index (κ3) is 12.3. The van der Waals surface area contributed by atoms with E-state index in [4.69, 9.17) is 4.74 Å². The van der Waals surface area contributed by atoms with Gasteiger partial charge < -0.3 is 15.0 Å². The minimum atomic E-state index is 0.250. The number of hydrogen-bond acceptors (Lipinski definition) is 3. The van der Waals surface area contributed by atoms with E-state index in [0.29, 0.717) is 0 Å². The standard InChI is InChI=1S/C15H34N2O/c1-6-17(7-2)12-14-18-13-10-8-9-11-16-15(3,4)5/h16H,6-14H2,1-5H3. The lowest BCUT2D eigenvalue weighted by Crippen LogP contribution is -2.36. The molecule has 0 aromatic heterocycles. The highest BCUT2D eigenvalue weighted by molar-refractivity contribution is 4.69. The van der Waals surface area contributed by atoms with Crippen LogP contribution in [-0.4, -0.2) is 49.8 Å². The van der Waals surface area contributed by atoms with E-state index in [1.165, 1.54) is 19.3 Å².